The molecule has 1 aliphatic rings. The number of carbonyl (C=O) groups is 1. The molecule has 1 aliphatic heterocycles. The molecule has 8 heteroatoms. The molecule has 0 aliphatic carbocycles. The molecule has 1 amide bonds. The van der Waals surface area contributed by atoms with Crippen molar-refractivity contribution in [1.29, 1.82) is 0 Å². The maximum atomic E-state index is 12.5. The molecule has 1 unspecified atom stereocenters. The monoisotopic (exact) mass is 343 g/mol. The number of nitrogens with two attached hydrogens (primary N) is 1. The third kappa shape index (κ3) is 3.47. The first-order chi connectivity index (χ1) is 12.0. The zero-order chi connectivity index (χ0) is 18.0. The largest absolute Gasteiger partial charge is 0.486 e. The summed E-state index contributed by atoms with van der Waals surface area (Å²) in [7, 11) is 1.61. The van der Waals surface area contributed by atoms with Crippen molar-refractivity contribution >= 4 is 17.3 Å². The Morgan fingerprint density at radius 3 is 2.76 bits per heavy atom. The third-order valence-electron chi connectivity index (χ3n) is 3.87. The first-order valence-electron chi connectivity index (χ1n) is 7.63. The van der Waals surface area contributed by atoms with E-state index in [1.165, 1.54) is 23.1 Å². The van der Waals surface area contributed by atoms with Crippen molar-refractivity contribution in [2.75, 3.05) is 25.9 Å². The van der Waals surface area contributed by atoms with Gasteiger partial charge in [-0.3, -0.25) is 14.9 Å². The molecule has 25 heavy (non-hydrogen) atoms. The van der Waals surface area contributed by atoms with Crippen molar-refractivity contribution in [3.05, 3.63) is 58.1 Å². The van der Waals surface area contributed by atoms with Gasteiger partial charge in [0, 0.05) is 18.7 Å². The molecule has 0 spiro atoms. The number of fused-ring (bicyclic) bond motifs is 1. The van der Waals surface area contributed by atoms with Gasteiger partial charge in [-0.25, -0.2) is 0 Å². The van der Waals surface area contributed by atoms with Crippen LogP contribution in [0.25, 0.3) is 0 Å². The quantitative estimate of drug-likeness (QED) is 0.517. The minimum Gasteiger partial charge on any atom is -0.486 e. The number of anilines is 1. The van der Waals surface area contributed by atoms with Crippen LogP contribution in [0.15, 0.2) is 42.5 Å². The lowest BCUT2D eigenvalue weighted by molar-refractivity contribution is -0.383. The van der Waals surface area contributed by atoms with Crippen LogP contribution in [0.4, 0.5) is 11.4 Å². The molecule has 0 bridgehead atoms. The summed E-state index contributed by atoms with van der Waals surface area (Å²) in [5.41, 5.74) is 5.48. The lowest BCUT2D eigenvalue weighted by atomic mass is 10.1. The summed E-state index contributed by atoms with van der Waals surface area (Å²) >= 11 is 0. The van der Waals surface area contributed by atoms with E-state index >= 15 is 0 Å². The number of likely N-dealkylation sites (N-methyl/N-ethyl adjacent to an activating group) is 1. The molecule has 1 atom stereocenters. The highest BCUT2D eigenvalue weighted by atomic mass is 16.6. The Bertz CT molecular complexity index is 824. The third-order valence-corrected chi connectivity index (χ3v) is 3.87. The molecule has 3 rings (SSSR count). The van der Waals surface area contributed by atoms with Gasteiger partial charge in [-0.2, -0.15) is 0 Å². The van der Waals surface area contributed by atoms with Gasteiger partial charge >= 0.3 is 0 Å². The van der Waals surface area contributed by atoms with E-state index in [4.69, 9.17) is 15.2 Å². The van der Waals surface area contributed by atoms with Gasteiger partial charge in [-0.05, 0) is 24.3 Å². The van der Waals surface area contributed by atoms with Crippen molar-refractivity contribution in [1.82, 2.24) is 4.90 Å². The summed E-state index contributed by atoms with van der Waals surface area (Å²) in [5, 5.41) is 11.0. The van der Waals surface area contributed by atoms with Gasteiger partial charge in [0.05, 0.1) is 11.5 Å². The van der Waals surface area contributed by atoms with Gasteiger partial charge in [0.2, 0.25) is 0 Å². The number of nitrogen functional groups attached to an aromatic ring is 1. The molecule has 0 saturated heterocycles. The van der Waals surface area contributed by atoms with Crippen LogP contribution in [-0.4, -0.2) is 42.0 Å². The van der Waals surface area contributed by atoms with E-state index < -0.39 is 4.92 Å². The molecule has 0 saturated carbocycles. The van der Waals surface area contributed by atoms with Gasteiger partial charge < -0.3 is 20.1 Å². The summed E-state index contributed by atoms with van der Waals surface area (Å²) in [6, 6.07) is 11.3. The Balaban J connectivity index is 1.69. The van der Waals surface area contributed by atoms with Crippen molar-refractivity contribution in [2.45, 2.75) is 6.10 Å². The number of nitro benzene ring substituents is 1. The summed E-state index contributed by atoms with van der Waals surface area (Å²) in [4.78, 5) is 24.3. The van der Waals surface area contributed by atoms with Crippen LogP contribution in [0, 0.1) is 10.1 Å². The SMILES string of the molecule is CN(CC1COc2ccccc2O1)C(=O)c1ccc(N)c([N+](=O)[O-])c1. The van der Waals surface area contributed by atoms with Crippen LogP contribution >= 0.6 is 0 Å². The number of para-hydroxylation sites is 2. The molecule has 0 radical (unpaired) electrons. The average Bonchev–Trinajstić information content (AvgIpc) is 2.61. The average molecular weight is 343 g/mol. The van der Waals surface area contributed by atoms with E-state index in [-0.39, 0.29) is 35.5 Å². The molecule has 0 aromatic heterocycles. The minimum absolute atomic E-state index is 0.0184. The van der Waals surface area contributed by atoms with Crippen LogP contribution < -0.4 is 15.2 Å². The van der Waals surface area contributed by atoms with E-state index in [2.05, 4.69) is 0 Å². The highest BCUT2D eigenvalue weighted by molar-refractivity contribution is 5.95. The van der Waals surface area contributed by atoms with Crippen LogP contribution in [-0.2, 0) is 0 Å². The molecule has 2 N–H and O–H groups in total. The molecule has 2 aromatic carbocycles. The lowest BCUT2D eigenvalue weighted by Crippen LogP contribution is -2.41. The van der Waals surface area contributed by atoms with Crippen LogP contribution in [0.1, 0.15) is 10.4 Å². The lowest BCUT2D eigenvalue weighted by Gasteiger charge is -2.29. The van der Waals surface area contributed by atoms with Gasteiger partial charge in [-0.1, -0.05) is 12.1 Å². The van der Waals surface area contributed by atoms with Gasteiger partial charge in [0.1, 0.15) is 12.3 Å². The van der Waals surface area contributed by atoms with E-state index in [0.717, 1.165) is 0 Å². The summed E-state index contributed by atoms with van der Waals surface area (Å²) in [6.45, 7) is 0.599. The molecule has 8 nitrogen and oxygen atoms in total. The van der Waals surface area contributed by atoms with Crippen LogP contribution in [0.3, 0.4) is 0 Å². The maximum absolute atomic E-state index is 12.5. The number of hydrogen-bond donors (Lipinski definition) is 1. The Hall–Kier alpha value is -3.29. The molecule has 1 heterocycles. The Morgan fingerprint density at radius 1 is 1.32 bits per heavy atom. The van der Waals surface area contributed by atoms with Crippen molar-refractivity contribution in [2.24, 2.45) is 0 Å². The smallest absolute Gasteiger partial charge is 0.292 e. The Labute approximate surface area is 143 Å². The van der Waals surface area contributed by atoms with Crippen molar-refractivity contribution in [3.8, 4) is 11.5 Å². The van der Waals surface area contributed by atoms with Crippen LogP contribution in [0.5, 0.6) is 11.5 Å². The predicted octanol–water partition coefficient (Wildman–Crippen LogP) is 2.09. The minimum atomic E-state index is -0.610. The molecule has 0 fully saturated rings. The number of amides is 1. The normalized spacial score (nSPS) is 15.5. The number of carbonyl (C=O) groups excluding carboxylic acids is 1. The summed E-state index contributed by atoms with van der Waals surface area (Å²) in [5.74, 6) is 0.940. The fourth-order valence-electron chi connectivity index (χ4n) is 2.60. The van der Waals surface area contributed by atoms with Crippen molar-refractivity contribution in [3.63, 3.8) is 0 Å². The number of benzene rings is 2. The maximum Gasteiger partial charge on any atom is 0.292 e. The van der Waals surface area contributed by atoms with Gasteiger partial charge in [0.15, 0.2) is 17.6 Å². The first-order valence-corrected chi connectivity index (χ1v) is 7.63. The van der Waals surface area contributed by atoms with E-state index in [0.29, 0.717) is 18.1 Å². The van der Waals surface area contributed by atoms with Gasteiger partial charge in [0.25, 0.3) is 11.6 Å². The number of nitrogens with zero attached hydrogens (tertiary/aromatic N) is 2. The fourth-order valence-corrected chi connectivity index (χ4v) is 2.60. The topological polar surface area (TPSA) is 108 Å². The Kier molecular flexibility index (Phi) is 4.42. The summed E-state index contributed by atoms with van der Waals surface area (Å²) < 4.78 is 11.4. The molecular weight excluding hydrogens is 326 g/mol. The highest BCUT2D eigenvalue weighted by Gasteiger charge is 2.25. The number of nitro groups is 1. The van der Waals surface area contributed by atoms with E-state index in [1.54, 1.807) is 13.1 Å². The fraction of sp³-hybridized carbons (Fsp3) is 0.235. The van der Waals surface area contributed by atoms with E-state index in [1.807, 2.05) is 18.2 Å². The second-order valence-electron chi connectivity index (χ2n) is 5.71. The summed E-state index contributed by atoms with van der Waals surface area (Å²) in [6.07, 6.45) is -0.326. The standard InChI is InChI=1S/C17H17N3O5/c1-19(9-12-10-24-15-4-2-3-5-16(15)25-12)17(21)11-6-7-13(18)14(8-11)20(22)23/h2-8,12H,9-10,18H2,1H3. The highest BCUT2D eigenvalue weighted by Crippen LogP contribution is 2.31. The zero-order valence-corrected chi connectivity index (χ0v) is 13.5. The molecular formula is C17H17N3O5. The Morgan fingerprint density at radius 2 is 2.04 bits per heavy atom. The second kappa shape index (κ2) is 6.68. The molecule has 2 aromatic rings. The van der Waals surface area contributed by atoms with Crippen molar-refractivity contribution < 1.29 is 19.2 Å². The van der Waals surface area contributed by atoms with Gasteiger partial charge in [-0.15, -0.1) is 0 Å². The number of hydrogen-bond acceptors (Lipinski definition) is 6. The second-order valence-corrected chi connectivity index (χ2v) is 5.71. The predicted molar refractivity (Wildman–Crippen MR) is 90.8 cm³/mol. The van der Waals surface area contributed by atoms with Crippen LogP contribution in [0.2, 0.25) is 0 Å². The number of ether oxygens (including phenoxy) is 2. The zero-order valence-electron chi connectivity index (χ0n) is 13.5. The molecule has 130 valence electrons. The number of rotatable bonds is 4. The van der Waals surface area contributed by atoms with E-state index in [9.17, 15) is 14.9 Å². The first kappa shape index (κ1) is 16.6.